The first-order valence-corrected chi connectivity index (χ1v) is 11.4. The molecular formula is C25H22F2N4O3. The molecule has 0 aliphatic heterocycles. The van der Waals surface area contributed by atoms with E-state index < -0.39 is 23.5 Å². The molecule has 3 aliphatic rings. The van der Waals surface area contributed by atoms with Crippen molar-refractivity contribution in [3.8, 4) is 22.8 Å². The number of aliphatic carboxylic acids is 1. The van der Waals surface area contributed by atoms with Gasteiger partial charge in [-0.15, -0.1) is 0 Å². The Bertz CT molecular complexity index is 1380. The number of carboxylic acids is 1. The van der Waals surface area contributed by atoms with Crippen LogP contribution in [0, 0.1) is 29.4 Å². The molecule has 1 aromatic carbocycles. The number of fused-ring (bicyclic) bond motifs is 4. The lowest BCUT2D eigenvalue weighted by Crippen LogP contribution is -2.51. The minimum absolute atomic E-state index is 0.144. The molecule has 3 heterocycles. The lowest BCUT2D eigenvalue weighted by atomic mass is 9.61. The lowest BCUT2D eigenvalue weighted by Gasteiger charge is -2.47. The van der Waals surface area contributed by atoms with E-state index in [9.17, 15) is 18.7 Å². The maximum Gasteiger partial charge on any atom is 0.308 e. The Kier molecular flexibility index (Phi) is 4.86. The fourth-order valence-corrected chi connectivity index (χ4v) is 5.72. The van der Waals surface area contributed by atoms with Gasteiger partial charge in [0, 0.05) is 35.3 Å². The fraction of sp³-hybridized carbons (Fsp3) is 0.320. The normalized spacial score (nSPS) is 23.9. The molecule has 7 nitrogen and oxygen atoms in total. The molecule has 34 heavy (non-hydrogen) atoms. The first-order valence-electron chi connectivity index (χ1n) is 11.4. The summed E-state index contributed by atoms with van der Waals surface area (Å²) in [5.74, 6) is -1.10. The van der Waals surface area contributed by atoms with Crippen LogP contribution in [0.1, 0.15) is 25.7 Å². The van der Waals surface area contributed by atoms with Crippen LogP contribution in [0.3, 0.4) is 0 Å². The Morgan fingerprint density at radius 2 is 1.91 bits per heavy atom. The highest BCUT2D eigenvalue weighted by Crippen LogP contribution is 2.46. The van der Waals surface area contributed by atoms with Crippen LogP contribution in [0.25, 0.3) is 33.7 Å². The first-order chi connectivity index (χ1) is 16.5. The largest absolute Gasteiger partial charge is 0.481 e. The molecule has 3 aromatic heterocycles. The number of hydrogen-bond donors (Lipinski definition) is 3. The van der Waals surface area contributed by atoms with Gasteiger partial charge in [-0.05, 0) is 55.7 Å². The van der Waals surface area contributed by atoms with Crippen molar-refractivity contribution in [1.29, 1.82) is 0 Å². The average molecular weight is 464 g/mol. The molecule has 0 amide bonds. The molecule has 0 radical (unpaired) electrons. The zero-order valence-electron chi connectivity index (χ0n) is 18.1. The second kappa shape index (κ2) is 7.93. The lowest BCUT2D eigenvalue weighted by molar-refractivity contribution is -0.148. The van der Waals surface area contributed by atoms with E-state index in [0.717, 1.165) is 31.7 Å². The zero-order chi connectivity index (χ0) is 23.4. The van der Waals surface area contributed by atoms with Gasteiger partial charge in [0.2, 0.25) is 0 Å². The Morgan fingerprint density at radius 1 is 1.12 bits per heavy atom. The van der Waals surface area contributed by atoms with E-state index in [2.05, 4.69) is 20.3 Å². The summed E-state index contributed by atoms with van der Waals surface area (Å²) in [6.45, 7) is 0. The first kappa shape index (κ1) is 20.8. The number of nitrogens with one attached hydrogen (secondary N) is 2. The summed E-state index contributed by atoms with van der Waals surface area (Å²) in [7, 11) is 0. The molecule has 2 bridgehead atoms. The number of furan rings is 1. The van der Waals surface area contributed by atoms with Gasteiger partial charge < -0.3 is 19.8 Å². The smallest absolute Gasteiger partial charge is 0.308 e. The third-order valence-electron chi connectivity index (χ3n) is 7.27. The molecule has 0 spiro atoms. The number of benzene rings is 1. The number of rotatable bonds is 5. The second-order valence-electron chi connectivity index (χ2n) is 9.16. The Hall–Kier alpha value is -3.75. The van der Waals surface area contributed by atoms with Crippen molar-refractivity contribution in [2.75, 3.05) is 5.32 Å². The van der Waals surface area contributed by atoms with E-state index in [0.29, 0.717) is 28.2 Å². The molecule has 174 valence electrons. The van der Waals surface area contributed by atoms with Gasteiger partial charge >= 0.3 is 5.97 Å². The summed E-state index contributed by atoms with van der Waals surface area (Å²) in [6, 6.07) is 7.02. The molecule has 3 fully saturated rings. The number of nitrogens with zero attached hydrogens (tertiary/aromatic N) is 2. The topological polar surface area (TPSA) is 104 Å². The highest BCUT2D eigenvalue weighted by Gasteiger charge is 2.47. The molecular weight excluding hydrogens is 442 g/mol. The van der Waals surface area contributed by atoms with Crippen molar-refractivity contribution in [1.82, 2.24) is 15.0 Å². The third-order valence-corrected chi connectivity index (χ3v) is 7.27. The molecule has 7 rings (SSSR count). The van der Waals surface area contributed by atoms with Crippen molar-refractivity contribution in [3.05, 3.63) is 54.4 Å². The van der Waals surface area contributed by atoms with Gasteiger partial charge in [0.15, 0.2) is 11.6 Å². The number of halogens is 2. The third kappa shape index (κ3) is 3.43. The molecule has 9 heteroatoms. The van der Waals surface area contributed by atoms with Crippen molar-refractivity contribution < 1.29 is 23.1 Å². The molecule has 3 N–H and O–H groups in total. The Labute approximate surface area is 193 Å². The second-order valence-corrected chi connectivity index (χ2v) is 9.16. The highest BCUT2D eigenvalue weighted by molar-refractivity contribution is 5.94. The number of aromatic amines is 1. The van der Waals surface area contributed by atoms with E-state index in [1.54, 1.807) is 24.4 Å². The summed E-state index contributed by atoms with van der Waals surface area (Å²) in [4.78, 5) is 24.2. The summed E-state index contributed by atoms with van der Waals surface area (Å²) in [5, 5.41) is 13.6. The van der Waals surface area contributed by atoms with E-state index in [1.165, 1.54) is 12.3 Å². The minimum Gasteiger partial charge on any atom is -0.481 e. The number of carboxylic acid groups (broad SMARTS) is 1. The van der Waals surface area contributed by atoms with E-state index in [1.807, 2.05) is 0 Å². The number of anilines is 1. The molecule has 4 aromatic rings. The summed E-state index contributed by atoms with van der Waals surface area (Å²) in [5.41, 5.74) is 1.08. The van der Waals surface area contributed by atoms with E-state index in [4.69, 9.17) is 4.42 Å². The molecule has 0 saturated heterocycles. The van der Waals surface area contributed by atoms with E-state index in [-0.39, 0.29) is 29.2 Å². The number of H-pyrrole nitrogens is 1. The van der Waals surface area contributed by atoms with Gasteiger partial charge in [-0.25, -0.2) is 18.7 Å². The Balaban J connectivity index is 1.46. The van der Waals surface area contributed by atoms with Crippen molar-refractivity contribution in [3.63, 3.8) is 0 Å². The van der Waals surface area contributed by atoms with Gasteiger partial charge in [0.25, 0.3) is 0 Å². The van der Waals surface area contributed by atoms with Crippen molar-refractivity contribution in [2.24, 2.45) is 17.8 Å². The maximum absolute atomic E-state index is 14.3. The quantitative estimate of drug-likeness (QED) is 0.362. The van der Waals surface area contributed by atoms with Gasteiger partial charge in [0.05, 0.1) is 17.7 Å². The molecule has 2 atom stereocenters. The zero-order valence-corrected chi connectivity index (χ0v) is 18.1. The van der Waals surface area contributed by atoms with Crippen LogP contribution >= 0.6 is 0 Å². The van der Waals surface area contributed by atoms with Crippen LogP contribution in [0.4, 0.5) is 14.6 Å². The number of hydrogen-bond acceptors (Lipinski definition) is 5. The van der Waals surface area contributed by atoms with Gasteiger partial charge in [-0.1, -0.05) is 0 Å². The molecule has 3 saturated carbocycles. The minimum atomic E-state index is -0.796. The van der Waals surface area contributed by atoms with Crippen LogP contribution in [0.2, 0.25) is 0 Å². The molecule has 3 aliphatic carbocycles. The van der Waals surface area contributed by atoms with E-state index >= 15 is 0 Å². The summed E-state index contributed by atoms with van der Waals surface area (Å²) < 4.78 is 33.8. The molecule has 2 unspecified atom stereocenters. The van der Waals surface area contributed by atoms with Gasteiger partial charge in [0.1, 0.15) is 23.1 Å². The van der Waals surface area contributed by atoms with Crippen LogP contribution in [0.15, 0.2) is 47.2 Å². The predicted molar refractivity (Wildman–Crippen MR) is 121 cm³/mol. The van der Waals surface area contributed by atoms with Gasteiger partial charge in [-0.2, -0.15) is 0 Å². The number of aromatic nitrogens is 3. The van der Waals surface area contributed by atoms with Gasteiger partial charge in [-0.3, -0.25) is 4.79 Å². The monoisotopic (exact) mass is 464 g/mol. The highest BCUT2D eigenvalue weighted by atomic mass is 19.1. The predicted octanol–water partition coefficient (Wildman–Crippen LogP) is 5.46. The van der Waals surface area contributed by atoms with Crippen LogP contribution < -0.4 is 5.32 Å². The van der Waals surface area contributed by atoms with Crippen LogP contribution in [-0.4, -0.2) is 32.1 Å². The standard InChI is InChI=1S/C25H22F2N4O3/c26-14-8-15-16(11-28-23(15)17(27)9-14)24-29-18(19-2-1-7-34-19)10-20(31-24)30-22-13-5-3-12(4-6-13)21(22)25(32)33/h1-2,7-13,21-22,28H,3-6H2,(H,32,33)(H,29,30,31). The maximum atomic E-state index is 14.3. The summed E-state index contributed by atoms with van der Waals surface area (Å²) >= 11 is 0. The summed E-state index contributed by atoms with van der Waals surface area (Å²) in [6.07, 6.45) is 6.89. The van der Waals surface area contributed by atoms with Crippen molar-refractivity contribution >= 4 is 22.7 Å². The number of carbonyl (C=O) groups is 1. The Morgan fingerprint density at radius 3 is 2.65 bits per heavy atom. The van der Waals surface area contributed by atoms with Crippen LogP contribution in [-0.2, 0) is 4.79 Å². The SMILES string of the molecule is O=C(O)C1C2CCC(CC2)C1Nc1cc(-c2ccco2)nc(-c2c[nH]c3c(F)cc(F)cc23)n1. The average Bonchev–Trinajstić information content (AvgIpc) is 3.50. The van der Waals surface area contributed by atoms with Crippen LogP contribution in [0.5, 0.6) is 0 Å². The fourth-order valence-electron chi connectivity index (χ4n) is 5.72. The van der Waals surface area contributed by atoms with Crippen molar-refractivity contribution in [2.45, 2.75) is 31.7 Å².